The molecule has 0 bridgehead atoms. The van der Waals surface area contributed by atoms with Gasteiger partial charge in [0.1, 0.15) is 0 Å². The van der Waals surface area contributed by atoms with E-state index in [0.717, 1.165) is 24.6 Å². The second kappa shape index (κ2) is 5.21. The number of para-hydroxylation sites is 1. The van der Waals surface area contributed by atoms with Gasteiger partial charge < -0.3 is 10.2 Å². The van der Waals surface area contributed by atoms with Gasteiger partial charge in [0, 0.05) is 29.3 Å². The van der Waals surface area contributed by atoms with Crippen LogP contribution in [-0.2, 0) is 13.0 Å². The van der Waals surface area contributed by atoms with Gasteiger partial charge in [0.25, 0.3) is 0 Å². The molecule has 4 heteroatoms. The molecule has 0 fully saturated rings. The third-order valence-electron chi connectivity index (χ3n) is 3.56. The molecule has 1 aliphatic rings. The van der Waals surface area contributed by atoms with Gasteiger partial charge in [-0.15, -0.1) is 11.3 Å². The van der Waals surface area contributed by atoms with Crippen molar-refractivity contribution in [1.29, 1.82) is 0 Å². The van der Waals surface area contributed by atoms with E-state index in [2.05, 4.69) is 53.3 Å². The number of benzene rings is 1. The summed E-state index contributed by atoms with van der Waals surface area (Å²) in [5, 5.41) is 4.30. The summed E-state index contributed by atoms with van der Waals surface area (Å²) in [5.74, 6) is 0. The van der Waals surface area contributed by atoms with E-state index in [4.69, 9.17) is 0 Å². The van der Waals surface area contributed by atoms with Gasteiger partial charge in [0.2, 0.25) is 0 Å². The molecule has 0 aliphatic carbocycles. The van der Waals surface area contributed by atoms with Gasteiger partial charge in [0.05, 0.1) is 6.54 Å². The molecule has 2 heterocycles. The molecule has 1 aromatic heterocycles. The summed E-state index contributed by atoms with van der Waals surface area (Å²) in [5.41, 5.74) is 2.85. The number of anilines is 2. The van der Waals surface area contributed by atoms with E-state index in [1.807, 2.05) is 6.20 Å². The maximum absolute atomic E-state index is 4.41. The molecule has 1 aromatic carbocycles. The topological polar surface area (TPSA) is 28.2 Å². The SMILES string of the molecule is CCNc1ncc(CN2c3ccccc3CC2C)s1. The number of nitrogens with one attached hydrogen (secondary N) is 1. The number of hydrogen-bond donors (Lipinski definition) is 1. The largest absolute Gasteiger partial charge is 0.363 e. The first-order valence-electron chi connectivity index (χ1n) is 6.81. The second-order valence-electron chi connectivity index (χ2n) is 4.97. The lowest BCUT2D eigenvalue weighted by Gasteiger charge is -2.23. The highest BCUT2D eigenvalue weighted by atomic mass is 32.1. The van der Waals surface area contributed by atoms with Gasteiger partial charge in [-0.2, -0.15) is 0 Å². The molecule has 100 valence electrons. The van der Waals surface area contributed by atoms with Crippen molar-refractivity contribution < 1.29 is 0 Å². The number of aromatic nitrogens is 1. The number of fused-ring (bicyclic) bond motifs is 1. The van der Waals surface area contributed by atoms with Crippen molar-refractivity contribution >= 4 is 22.2 Å². The van der Waals surface area contributed by atoms with Crippen LogP contribution < -0.4 is 10.2 Å². The Balaban J connectivity index is 1.79. The highest BCUT2D eigenvalue weighted by Gasteiger charge is 2.25. The molecule has 2 aromatic rings. The fraction of sp³-hybridized carbons (Fsp3) is 0.400. The van der Waals surface area contributed by atoms with Gasteiger partial charge in [-0.25, -0.2) is 4.98 Å². The lowest BCUT2D eigenvalue weighted by atomic mass is 10.1. The van der Waals surface area contributed by atoms with Crippen LogP contribution in [0, 0.1) is 0 Å². The second-order valence-corrected chi connectivity index (χ2v) is 6.09. The zero-order chi connectivity index (χ0) is 13.2. The van der Waals surface area contributed by atoms with Crippen molar-refractivity contribution in [1.82, 2.24) is 4.98 Å². The average molecular weight is 273 g/mol. The van der Waals surface area contributed by atoms with E-state index < -0.39 is 0 Å². The van der Waals surface area contributed by atoms with Crippen molar-refractivity contribution in [2.75, 3.05) is 16.8 Å². The summed E-state index contributed by atoms with van der Waals surface area (Å²) in [7, 11) is 0. The third kappa shape index (κ3) is 2.45. The third-order valence-corrected chi connectivity index (χ3v) is 4.50. The maximum atomic E-state index is 4.41. The summed E-state index contributed by atoms with van der Waals surface area (Å²) < 4.78 is 0. The number of rotatable bonds is 4. The molecular formula is C15H19N3S. The van der Waals surface area contributed by atoms with E-state index in [1.54, 1.807) is 11.3 Å². The smallest absolute Gasteiger partial charge is 0.182 e. The first kappa shape index (κ1) is 12.5. The fourth-order valence-electron chi connectivity index (χ4n) is 2.65. The number of hydrogen-bond acceptors (Lipinski definition) is 4. The lowest BCUT2D eigenvalue weighted by Crippen LogP contribution is -2.28. The quantitative estimate of drug-likeness (QED) is 0.923. The van der Waals surface area contributed by atoms with E-state index in [-0.39, 0.29) is 0 Å². The monoisotopic (exact) mass is 273 g/mol. The molecule has 1 atom stereocenters. The van der Waals surface area contributed by atoms with E-state index in [9.17, 15) is 0 Å². The van der Waals surface area contributed by atoms with Crippen LogP contribution in [0.4, 0.5) is 10.8 Å². The Morgan fingerprint density at radius 3 is 3.11 bits per heavy atom. The molecular weight excluding hydrogens is 254 g/mol. The summed E-state index contributed by atoms with van der Waals surface area (Å²) >= 11 is 1.76. The number of thiazole rings is 1. The molecule has 1 N–H and O–H groups in total. The first-order valence-corrected chi connectivity index (χ1v) is 7.62. The van der Waals surface area contributed by atoms with Gasteiger partial charge in [0.15, 0.2) is 5.13 Å². The highest BCUT2D eigenvalue weighted by Crippen LogP contribution is 2.34. The standard InChI is InChI=1S/C15H19N3S/c1-3-16-15-17-9-13(19-15)10-18-11(2)8-12-6-4-5-7-14(12)18/h4-7,9,11H,3,8,10H2,1-2H3,(H,16,17). The van der Waals surface area contributed by atoms with Crippen LogP contribution in [-0.4, -0.2) is 17.6 Å². The molecule has 3 rings (SSSR count). The van der Waals surface area contributed by atoms with Crippen molar-refractivity contribution in [2.24, 2.45) is 0 Å². The predicted molar refractivity (Wildman–Crippen MR) is 82.1 cm³/mol. The zero-order valence-electron chi connectivity index (χ0n) is 11.4. The molecule has 1 unspecified atom stereocenters. The maximum Gasteiger partial charge on any atom is 0.182 e. The Bertz CT molecular complexity index is 564. The number of nitrogens with zero attached hydrogens (tertiary/aromatic N) is 2. The van der Waals surface area contributed by atoms with Crippen molar-refractivity contribution in [3.05, 3.63) is 40.9 Å². The van der Waals surface area contributed by atoms with Crippen LogP contribution >= 0.6 is 11.3 Å². The molecule has 0 saturated carbocycles. The summed E-state index contributed by atoms with van der Waals surface area (Å²) in [4.78, 5) is 8.21. The summed E-state index contributed by atoms with van der Waals surface area (Å²) in [6, 6.07) is 9.29. The van der Waals surface area contributed by atoms with Gasteiger partial charge in [-0.3, -0.25) is 0 Å². The van der Waals surface area contributed by atoms with Crippen LogP contribution in [0.3, 0.4) is 0 Å². The van der Waals surface area contributed by atoms with Crippen LogP contribution in [0.15, 0.2) is 30.5 Å². The predicted octanol–water partition coefficient (Wildman–Crippen LogP) is 3.53. The Labute approximate surface area is 118 Å². The molecule has 0 amide bonds. The minimum Gasteiger partial charge on any atom is -0.363 e. The summed E-state index contributed by atoms with van der Waals surface area (Å²) in [6.07, 6.45) is 3.14. The van der Waals surface area contributed by atoms with E-state index in [0.29, 0.717) is 6.04 Å². The molecule has 0 spiro atoms. The van der Waals surface area contributed by atoms with E-state index in [1.165, 1.54) is 16.1 Å². The molecule has 1 aliphatic heterocycles. The minimum absolute atomic E-state index is 0.571. The van der Waals surface area contributed by atoms with Gasteiger partial charge in [-0.05, 0) is 31.9 Å². The Morgan fingerprint density at radius 2 is 2.26 bits per heavy atom. The van der Waals surface area contributed by atoms with Gasteiger partial charge >= 0.3 is 0 Å². The Hall–Kier alpha value is -1.55. The van der Waals surface area contributed by atoms with Crippen LogP contribution in [0.25, 0.3) is 0 Å². The summed E-state index contributed by atoms with van der Waals surface area (Å²) in [6.45, 7) is 6.28. The normalized spacial score (nSPS) is 17.6. The van der Waals surface area contributed by atoms with Crippen LogP contribution in [0.2, 0.25) is 0 Å². The molecule has 3 nitrogen and oxygen atoms in total. The van der Waals surface area contributed by atoms with Crippen LogP contribution in [0.1, 0.15) is 24.3 Å². The molecule has 0 radical (unpaired) electrons. The van der Waals surface area contributed by atoms with Crippen LogP contribution in [0.5, 0.6) is 0 Å². The molecule has 0 saturated heterocycles. The highest BCUT2D eigenvalue weighted by molar-refractivity contribution is 7.15. The zero-order valence-corrected chi connectivity index (χ0v) is 12.2. The first-order chi connectivity index (χ1) is 9.28. The Kier molecular flexibility index (Phi) is 3.42. The minimum atomic E-state index is 0.571. The van der Waals surface area contributed by atoms with E-state index >= 15 is 0 Å². The fourth-order valence-corrected chi connectivity index (χ4v) is 3.53. The van der Waals surface area contributed by atoms with Crippen molar-refractivity contribution in [3.63, 3.8) is 0 Å². The van der Waals surface area contributed by atoms with Crippen molar-refractivity contribution in [3.8, 4) is 0 Å². The lowest BCUT2D eigenvalue weighted by molar-refractivity contribution is 0.676. The molecule has 19 heavy (non-hydrogen) atoms. The Morgan fingerprint density at radius 1 is 1.42 bits per heavy atom. The average Bonchev–Trinajstić information content (AvgIpc) is 2.96. The van der Waals surface area contributed by atoms with Crippen molar-refractivity contribution in [2.45, 2.75) is 32.9 Å². The van der Waals surface area contributed by atoms with Gasteiger partial charge in [-0.1, -0.05) is 18.2 Å².